The van der Waals surface area contributed by atoms with Gasteiger partial charge in [0.15, 0.2) is 0 Å². The molecule has 6 heteroatoms. The monoisotopic (exact) mass is 254 g/mol. The number of nitrogens with zero attached hydrogens (tertiary/aromatic N) is 2. The molecule has 2 unspecified atom stereocenters. The standard InChI is InChI=1S/C12H26N6/c1-7(2)5-9(11(13)14)17-18-10(12(15)16)6-8(3)4/h7-10H,5-6H2,1-4H3,(H3,13,14)(H3,15,16). The van der Waals surface area contributed by atoms with Crippen molar-refractivity contribution >= 4 is 11.7 Å². The summed E-state index contributed by atoms with van der Waals surface area (Å²) in [6, 6.07) is -0.807. The van der Waals surface area contributed by atoms with Gasteiger partial charge in [0, 0.05) is 0 Å². The molecule has 0 heterocycles. The highest BCUT2D eigenvalue weighted by Crippen LogP contribution is 2.12. The van der Waals surface area contributed by atoms with E-state index in [0.717, 1.165) is 0 Å². The molecule has 0 amide bonds. The van der Waals surface area contributed by atoms with Crippen molar-refractivity contribution in [3.05, 3.63) is 0 Å². The topological polar surface area (TPSA) is 124 Å². The molecule has 18 heavy (non-hydrogen) atoms. The fourth-order valence-electron chi connectivity index (χ4n) is 1.53. The van der Waals surface area contributed by atoms with Crippen LogP contribution in [0.3, 0.4) is 0 Å². The predicted octanol–water partition coefficient (Wildman–Crippen LogP) is 2.14. The van der Waals surface area contributed by atoms with Gasteiger partial charge in [0.1, 0.15) is 23.8 Å². The van der Waals surface area contributed by atoms with Gasteiger partial charge in [-0.1, -0.05) is 27.7 Å². The molecule has 0 spiro atoms. The minimum Gasteiger partial charge on any atom is -0.386 e. The maximum Gasteiger partial charge on any atom is 0.127 e. The summed E-state index contributed by atoms with van der Waals surface area (Å²) in [5.74, 6) is 0.802. The summed E-state index contributed by atoms with van der Waals surface area (Å²) in [5.41, 5.74) is 11.0. The van der Waals surface area contributed by atoms with Gasteiger partial charge in [-0.25, -0.2) is 0 Å². The lowest BCUT2D eigenvalue weighted by atomic mass is 10.0. The second kappa shape index (κ2) is 7.79. The van der Waals surface area contributed by atoms with Crippen LogP contribution in [0, 0.1) is 22.7 Å². The SMILES string of the molecule is CC(C)CC(N=NC(CC(C)C)C(=N)N)C(=N)N. The average molecular weight is 254 g/mol. The Hall–Kier alpha value is -1.46. The molecule has 0 saturated carbocycles. The Balaban J connectivity index is 4.70. The normalized spacial score (nSPS) is 15.2. The first-order chi connectivity index (χ1) is 8.23. The first kappa shape index (κ1) is 16.5. The summed E-state index contributed by atoms with van der Waals surface area (Å²) < 4.78 is 0. The number of hydrogen-bond donors (Lipinski definition) is 4. The van der Waals surface area contributed by atoms with E-state index in [9.17, 15) is 0 Å². The van der Waals surface area contributed by atoms with Gasteiger partial charge in [0.2, 0.25) is 0 Å². The van der Waals surface area contributed by atoms with Crippen molar-refractivity contribution in [2.75, 3.05) is 0 Å². The van der Waals surface area contributed by atoms with E-state index in [1.54, 1.807) is 0 Å². The summed E-state index contributed by atoms with van der Waals surface area (Å²) in [4.78, 5) is 0. The molecule has 0 aromatic rings. The van der Waals surface area contributed by atoms with Crippen molar-refractivity contribution < 1.29 is 0 Å². The highest BCUT2D eigenvalue weighted by Gasteiger charge is 2.16. The van der Waals surface area contributed by atoms with Crippen LogP contribution in [0.5, 0.6) is 0 Å². The summed E-state index contributed by atoms with van der Waals surface area (Å²) in [6.45, 7) is 8.17. The Labute approximate surface area is 109 Å². The number of hydrogen-bond acceptors (Lipinski definition) is 4. The van der Waals surface area contributed by atoms with Crippen LogP contribution in [0.1, 0.15) is 40.5 Å². The Bertz CT molecular complexity index is 278. The van der Waals surface area contributed by atoms with Gasteiger partial charge < -0.3 is 11.5 Å². The first-order valence-corrected chi connectivity index (χ1v) is 6.31. The smallest absolute Gasteiger partial charge is 0.127 e. The molecule has 0 aliphatic heterocycles. The fraction of sp³-hybridized carbons (Fsp3) is 0.833. The summed E-state index contributed by atoms with van der Waals surface area (Å²) in [6.07, 6.45) is 1.37. The third-order valence-electron chi connectivity index (χ3n) is 2.45. The van der Waals surface area contributed by atoms with Crippen molar-refractivity contribution in [2.45, 2.75) is 52.6 Å². The Morgan fingerprint density at radius 2 is 1.11 bits per heavy atom. The van der Waals surface area contributed by atoms with Crippen LogP contribution in [0.25, 0.3) is 0 Å². The van der Waals surface area contributed by atoms with Gasteiger partial charge in [0.05, 0.1) is 0 Å². The van der Waals surface area contributed by atoms with Crippen molar-refractivity contribution in [1.29, 1.82) is 10.8 Å². The van der Waals surface area contributed by atoms with Crippen molar-refractivity contribution in [1.82, 2.24) is 0 Å². The van der Waals surface area contributed by atoms with E-state index in [4.69, 9.17) is 22.3 Å². The molecule has 104 valence electrons. The van der Waals surface area contributed by atoms with Gasteiger partial charge in [-0.05, 0) is 24.7 Å². The lowest BCUT2D eigenvalue weighted by molar-refractivity contribution is 0.512. The zero-order chi connectivity index (χ0) is 14.3. The van der Waals surface area contributed by atoms with E-state index >= 15 is 0 Å². The first-order valence-electron chi connectivity index (χ1n) is 6.31. The van der Waals surface area contributed by atoms with E-state index in [0.29, 0.717) is 24.7 Å². The van der Waals surface area contributed by atoms with Crippen LogP contribution in [0.2, 0.25) is 0 Å². The van der Waals surface area contributed by atoms with Crippen molar-refractivity contribution in [2.24, 2.45) is 33.5 Å². The molecule has 0 aromatic carbocycles. The fourth-order valence-corrected chi connectivity index (χ4v) is 1.53. The molecule has 0 saturated heterocycles. The third kappa shape index (κ3) is 6.98. The van der Waals surface area contributed by atoms with Gasteiger partial charge >= 0.3 is 0 Å². The van der Waals surface area contributed by atoms with E-state index in [-0.39, 0.29) is 11.7 Å². The minimum atomic E-state index is -0.404. The number of nitrogens with one attached hydrogen (secondary N) is 2. The lowest BCUT2D eigenvalue weighted by Crippen LogP contribution is -2.30. The third-order valence-corrected chi connectivity index (χ3v) is 2.45. The highest BCUT2D eigenvalue weighted by molar-refractivity contribution is 5.83. The molecule has 6 N–H and O–H groups in total. The number of azo groups is 1. The molecule has 0 aliphatic rings. The van der Waals surface area contributed by atoms with Crippen molar-refractivity contribution in [3.63, 3.8) is 0 Å². The van der Waals surface area contributed by atoms with Crippen LogP contribution in [-0.4, -0.2) is 23.8 Å². The van der Waals surface area contributed by atoms with E-state index in [2.05, 4.69) is 10.2 Å². The molecule has 0 bridgehead atoms. The molecular weight excluding hydrogens is 228 g/mol. The van der Waals surface area contributed by atoms with E-state index in [1.165, 1.54) is 0 Å². The van der Waals surface area contributed by atoms with Crippen molar-refractivity contribution in [3.8, 4) is 0 Å². The number of nitrogens with two attached hydrogens (primary N) is 2. The van der Waals surface area contributed by atoms with Gasteiger partial charge in [-0.15, -0.1) is 0 Å². The second-order valence-electron chi connectivity index (χ2n) is 5.43. The minimum absolute atomic E-state index is 0.0132. The Morgan fingerprint density at radius 3 is 1.28 bits per heavy atom. The zero-order valence-electron chi connectivity index (χ0n) is 11.8. The molecular formula is C12H26N6. The van der Waals surface area contributed by atoms with Gasteiger partial charge in [-0.2, -0.15) is 10.2 Å². The van der Waals surface area contributed by atoms with Gasteiger partial charge in [0.25, 0.3) is 0 Å². The van der Waals surface area contributed by atoms with Crippen LogP contribution in [0.15, 0.2) is 10.2 Å². The molecule has 0 rings (SSSR count). The maximum absolute atomic E-state index is 7.48. The lowest BCUT2D eigenvalue weighted by Gasteiger charge is -2.15. The Kier molecular flexibility index (Phi) is 7.16. The quantitative estimate of drug-likeness (QED) is 0.301. The van der Waals surface area contributed by atoms with Crippen LogP contribution >= 0.6 is 0 Å². The molecule has 0 fully saturated rings. The molecule has 0 radical (unpaired) electrons. The van der Waals surface area contributed by atoms with Crippen LogP contribution in [-0.2, 0) is 0 Å². The van der Waals surface area contributed by atoms with E-state index < -0.39 is 12.1 Å². The largest absolute Gasteiger partial charge is 0.386 e. The van der Waals surface area contributed by atoms with Crippen LogP contribution in [0.4, 0.5) is 0 Å². The predicted molar refractivity (Wildman–Crippen MR) is 75.2 cm³/mol. The average Bonchev–Trinajstić information content (AvgIpc) is 2.20. The van der Waals surface area contributed by atoms with Gasteiger partial charge in [-0.3, -0.25) is 10.8 Å². The zero-order valence-corrected chi connectivity index (χ0v) is 11.8. The molecule has 2 atom stereocenters. The molecule has 0 aromatic heterocycles. The summed E-state index contributed by atoms with van der Waals surface area (Å²) in [5, 5.41) is 23.1. The maximum atomic E-state index is 7.48. The molecule has 0 aliphatic carbocycles. The van der Waals surface area contributed by atoms with E-state index in [1.807, 2.05) is 27.7 Å². The number of amidine groups is 2. The summed E-state index contributed by atoms with van der Waals surface area (Å²) >= 11 is 0. The second-order valence-corrected chi connectivity index (χ2v) is 5.43. The summed E-state index contributed by atoms with van der Waals surface area (Å²) in [7, 11) is 0. The molecule has 6 nitrogen and oxygen atoms in total. The van der Waals surface area contributed by atoms with Crippen LogP contribution < -0.4 is 11.5 Å². The Morgan fingerprint density at radius 1 is 0.833 bits per heavy atom. The highest BCUT2D eigenvalue weighted by atomic mass is 15.2. The number of rotatable bonds is 8.